The average Bonchev–Trinajstić information content (AvgIpc) is 2.44. The van der Waals surface area contributed by atoms with Gasteiger partial charge >= 0.3 is 5.97 Å². The van der Waals surface area contributed by atoms with Crippen LogP contribution in [-0.2, 0) is 19.1 Å². The lowest BCUT2D eigenvalue weighted by molar-refractivity contribution is -0.160. The molecule has 6 nitrogen and oxygen atoms in total. The van der Waals surface area contributed by atoms with Crippen LogP contribution in [0.25, 0.3) is 0 Å². The number of carboxylic acids is 1. The van der Waals surface area contributed by atoms with E-state index in [9.17, 15) is 14.7 Å². The summed E-state index contributed by atoms with van der Waals surface area (Å²) < 4.78 is 10.5. The normalized spacial score (nSPS) is 24.4. The second kappa shape index (κ2) is 7.59. The van der Waals surface area contributed by atoms with Crippen LogP contribution < -0.4 is 0 Å². The molecule has 0 aromatic carbocycles. The minimum atomic E-state index is -0.987. The van der Waals surface area contributed by atoms with Gasteiger partial charge in [-0.05, 0) is 26.2 Å². The highest BCUT2D eigenvalue weighted by molar-refractivity contribution is 5.80. The Morgan fingerprint density at radius 1 is 1.45 bits per heavy atom. The van der Waals surface area contributed by atoms with Crippen molar-refractivity contribution in [3.05, 3.63) is 0 Å². The highest BCUT2D eigenvalue weighted by atomic mass is 16.5. The summed E-state index contributed by atoms with van der Waals surface area (Å²) in [6.07, 6.45) is 2.08. The maximum Gasteiger partial charge on any atom is 0.313 e. The van der Waals surface area contributed by atoms with Crippen LogP contribution in [-0.4, -0.2) is 61.4 Å². The van der Waals surface area contributed by atoms with Crippen molar-refractivity contribution in [1.82, 2.24) is 4.90 Å². The molecule has 0 aliphatic carbocycles. The zero-order valence-electron chi connectivity index (χ0n) is 12.6. The first-order valence-corrected chi connectivity index (χ1v) is 7.07. The van der Waals surface area contributed by atoms with Gasteiger partial charge in [0.05, 0.1) is 12.7 Å². The summed E-state index contributed by atoms with van der Waals surface area (Å²) in [6.45, 7) is 4.82. The van der Waals surface area contributed by atoms with E-state index in [1.54, 1.807) is 4.90 Å². The van der Waals surface area contributed by atoms with E-state index in [4.69, 9.17) is 9.47 Å². The van der Waals surface area contributed by atoms with Crippen LogP contribution in [0.4, 0.5) is 0 Å². The molecule has 0 saturated carbocycles. The van der Waals surface area contributed by atoms with Gasteiger partial charge in [0.1, 0.15) is 12.0 Å². The molecule has 1 aliphatic rings. The topological polar surface area (TPSA) is 76.1 Å². The SMILES string of the molecule is CCC(C)OCC(=O)N1CCCC(COC)(C(=O)O)C1. The molecule has 1 aliphatic heterocycles. The van der Waals surface area contributed by atoms with Crippen molar-refractivity contribution in [2.75, 3.05) is 33.4 Å². The third-order valence-corrected chi connectivity index (χ3v) is 3.87. The van der Waals surface area contributed by atoms with Gasteiger partial charge in [-0.3, -0.25) is 9.59 Å². The fraction of sp³-hybridized carbons (Fsp3) is 0.857. The number of rotatable bonds is 7. The van der Waals surface area contributed by atoms with Gasteiger partial charge in [0.2, 0.25) is 5.91 Å². The van der Waals surface area contributed by atoms with Gasteiger partial charge in [0.15, 0.2) is 0 Å². The number of hydrogen-bond acceptors (Lipinski definition) is 4. The van der Waals surface area contributed by atoms with Gasteiger partial charge in [-0.2, -0.15) is 0 Å². The van der Waals surface area contributed by atoms with Crippen molar-refractivity contribution in [1.29, 1.82) is 0 Å². The van der Waals surface area contributed by atoms with Crippen molar-refractivity contribution < 1.29 is 24.2 Å². The molecule has 1 fully saturated rings. The molecule has 1 rings (SSSR count). The van der Waals surface area contributed by atoms with Gasteiger partial charge in [-0.25, -0.2) is 0 Å². The van der Waals surface area contributed by atoms with Gasteiger partial charge in [0.25, 0.3) is 0 Å². The molecular weight excluding hydrogens is 262 g/mol. The number of likely N-dealkylation sites (tertiary alicyclic amines) is 1. The van der Waals surface area contributed by atoms with Crippen molar-refractivity contribution in [3.63, 3.8) is 0 Å². The van der Waals surface area contributed by atoms with E-state index in [0.717, 1.165) is 6.42 Å². The Hall–Kier alpha value is -1.14. The van der Waals surface area contributed by atoms with Crippen molar-refractivity contribution in [2.24, 2.45) is 5.41 Å². The van der Waals surface area contributed by atoms with Gasteiger partial charge in [-0.1, -0.05) is 6.92 Å². The zero-order valence-corrected chi connectivity index (χ0v) is 12.6. The first kappa shape index (κ1) is 16.9. The highest BCUT2D eigenvalue weighted by Crippen LogP contribution is 2.30. The predicted molar refractivity (Wildman–Crippen MR) is 73.5 cm³/mol. The molecule has 0 aromatic rings. The molecule has 1 saturated heterocycles. The molecule has 1 N–H and O–H groups in total. The smallest absolute Gasteiger partial charge is 0.313 e. The first-order chi connectivity index (χ1) is 9.45. The Balaban J connectivity index is 2.63. The first-order valence-electron chi connectivity index (χ1n) is 7.07. The molecule has 1 amide bonds. The zero-order chi connectivity index (χ0) is 15.2. The molecule has 2 unspecified atom stereocenters. The molecule has 0 spiro atoms. The lowest BCUT2D eigenvalue weighted by atomic mass is 9.80. The number of hydrogen-bond donors (Lipinski definition) is 1. The average molecular weight is 287 g/mol. The Kier molecular flexibility index (Phi) is 6.42. The summed E-state index contributed by atoms with van der Waals surface area (Å²) in [7, 11) is 1.48. The Labute approximate surface area is 120 Å². The number of nitrogens with zero attached hydrogens (tertiary/aromatic N) is 1. The predicted octanol–water partition coefficient (Wildman–Crippen LogP) is 1.14. The maximum absolute atomic E-state index is 12.1. The monoisotopic (exact) mass is 287 g/mol. The molecular formula is C14H25NO5. The van der Waals surface area contributed by atoms with Crippen molar-refractivity contribution >= 4 is 11.9 Å². The number of carbonyl (C=O) groups is 2. The Bertz CT molecular complexity index is 342. The van der Waals surface area contributed by atoms with E-state index in [1.807, 2.05) is 13.8 Å². The van der Waals surface area contributed by atoms with Gasteiger partial charge in [-0.15, -0.1) is 0 Å². The second-order valence-corrected chi connectivity index (χ2v) is 5.47. The van der Waals surface area contributed by atoms with Crippen LogP contribution in [0.1, 0.15) is 33.1 Å². The van der Waals surface area contributed by atoms with Crippen LogP contribution in [0.15, 0.2) is 0 Å². The van der Waals surface area contributed by atoms with Crippen LogP contribution in [0, 0.1) is 5.41 Å². The molecule has 2 atom stereocenters. The van der Waals surface area contributed by atoms with Crippen LogP contribution >= 0.6 is 0 Å². The summed E-state index contributed by atoms with van der Waals surface area (Å²) in [5.74, 6) is -1.05. The van der Waals surface area contributed by atoms with E-state index >= 15 is 0 Å². The van der Waals surface area contributed by atoms with Crippen LogP contribution in [0.3, 0.4) is 0 Å². The molecule has 1 heterocycles. The number of ether oxygens (including phenoxy) is 2. The lowest BCUT2D eigenvalue weighted by Gasteiger charge is -2.39. The molecule has 6 heteroatoms. The number of carboxylic acid groups (broad SMARTS) is 1. The quantitative estimate of drug-likeness (QED) is 0.760. The molecule has 0 aromatic heterocycles. The third-order valence-electron chi connectivity index (χ3n) is 3.87. The fourth-order valence-electron chi connectivity index (χ4n) is 2.40. The summed E-state index contributed by atoms with van der Waals surface area (Å²) in [5, 5.41) is 9.43. The molecule has 20 heavy (non-hydrogen) atoms. The van der Waals surface area contributed by atoms with Crippen molar-refractivity contribution in [2.45, 2.75) is 39.2 Å². The summed E-state index contributed by atoms with van der Waals surface area (Å²) in [6, 6.07) is 0. The van der Waals surface area contributed by atoms with Gasteiger partial charge < -0.3 is 19.5 Å². The van der Waals surface area contributed by atoms with E-state index in [0.29, 0.717) is 19.4 Å². The number of carbonyl (C=O) groups excluding carboxylic acids is 1. The molecule has 0 bridgehead atoms. The van der Waals surface area contributed by atoms with E-state index in [2.05, 4.69) is 0 Å². The van der Waals surface area contributed by atoms with Crippen molar-refractivity contribution in [3.8, 4) is 0 Å². The summed E-state index contributed by atoms with van der Waals surface area (Å²) in [5.41, 5.74) is -0.987. The Morgan fingerprint density at radius 3 is 2.70 bits per heavy atom. The Morgan fingerprint density at radius 2 is 2.15 bits per heavy atom. The second-order valence-electron chi connectivity index (χ2n) is 5.47. The molecule has 116 valence electrons. The third kappa shape index (κ3) is 4.18. The van der Waals surface area contributed by atoms with Crippen LogP contribution in [0.5, 0.6) is 0 Å². The number of aliphatic carboxylic acids is 1. The number of piperidine rings is 1. The minimum absolute atomic E-state index is 0.0116. The summed E-state index contributed by atoms with van der Waals surface area (Å²) >= 11 is 0. The van der Waals surface area contributed by atoms with E-state index < -0.39 is 11.4 Å². The molecule has 0 radical (unpaired) electrons. The minimum Gasteiger partial charge on any atom is -0.481 e. The standard InChI is InChI=1S/C14H25NO5/c1-4-11(2)20-8-12(16)15-7-5-6-14(9-15,10-19-3)13(17)18/h11H,4-10H2,1-3H3,(H,17,18). The largest absolute Gasteiger partial charge is 0.481 e. The number of amides is 1. The van der Waals surface area contributed by atoms with Gasteiger partial charge in [0, 0.05) is 20.2 Å². The van der Waals surface area contributed by atoms with E-state index in [-0.39, 0.29) is 31.8 Å². The fourth-order valence-corrected chi connectivity index (χ4v) is 2.40. The summed E-state index contributed by atoms with van der Waals surface area (Å²) in [4.78, 5) is 25.2. The van der Waals surface area contributed by atoms with Crippen LogP contribution in [0.2, 0.25) is 0 Å². The maximum atomic E-state index is 12.1. The lowest BCUT2D eigenvalue weighted by Crippen LogP contribution is -2.52. The highest BCUT2D eigenvalue weighted by Gasteiger charge is 2.43. The van der Waals surface area contributed by atoms with E-state index in [1.165, 1.54) is 7.11 Å². The number of methoxy groups -OCH3 is 1.